The fourth-order valence-corrected chi connectivity index (χ4v) is 4.26. The van der Waals surface area contributed by atoms with Crippen LogP contribution in [0.4, 0.5) is 0 Å². The summed E-state index contributed by atoms with van der Waals surface area (Å²) in [5.41, 5.74) is 3.44. The van der Waals surface area contributed by atoms with Crippen LogP contribution in [0.2, 0.25) is 0 Å². The number of carbonyl (C=O) groups is 3. The Morgan fingerprint density at radius 1 is 0.900 bits per heavy atom. The second-order valence-electron chi connectivity index (χ2n) is 7.32. The van der Waals surface area contributed by atoms with Crippen LogP contribution in [0.5, 0.6) is 0 Å². The maximum atomic E-state index is 12.8. The molecule has 5 heteroatoms. The van der Waals surface area contributed by atoms with E-state index in [1.165, 1.54) is 18.2 Å². The zero-order valence-corrected chi connectivity index (χ0v) is 16.2. The molecule has 0 atom stereocenters. The van der Waals surface area contributed by atoms with Crippen LogP contribution in [-0.2, 0) is 6.54 Å². The largest absolute Gasteiger partial charge is 0.478 e. The third-order valence-corrected chi connectivity index (χ3v) is 5.67. The van der Waals surface area contributed by atoms with Crippen molar-refractivity contribution in [2.45, 2.75) is 13.5 Å². The lowest BCUT2D eigenvalue weighted by atomic mass is 10.0. The number of aromatic carboxylic acids is 1. The minimum atomic E-state index is -1.13. The van der Waals surface area contributed by atoms with Gasteiger partial charge in [-0.05, 0) is 55.0 Å². The highest BCUT2D eigenvalue weighted by atomic mass is 16.4. The van der Waals surface area contributed by atoms with E-state index >= 15 is 0 Å². The average Bonchev–Trinajstić information content (AvgIpc) is 3.20. The Morgan fingerprint density at radius 3 is 2.40 bits per heavy atom. The van der Waals surface area contributed by atoms with E-state index in [-0.39, 0.29) is 28.0 Å². The average molecular weight is 395 g/mol. The summed E-state index contributed by atoms with van der Waals surface area (Å²) < 4.78 is 2.23. The van der Waals surface area contributed by atoms with Crippen molar-refractivity contribution in [1.29, 1.82) is 0 Å². The number of nitrogens with zero attached hydrogens (tertiary/aromatic N) is 1. The van der Waals surface area contributed by atoms with E-state index < -0.39 is 11.8 Å². The Kier molecular flexibility index (Phi) is 3.93. The number of fused-ring (bicyclic) bond motifs is 4. The first-order valence-electron chi connectivity index (χ1n) is 9.69. The molecule has 5 nitrogen and oxygen atoms in total. The molecule has 1 N–H and O–H groups in total. The van der Waals surface area contributed by atoms with Crippen molar-refractivity contribution >= 4 is 45.4 Å². The van der Waals surface area contributed by atoms with E-state index in [1.807, 2.05) is 30.3 Å². The molecule has 0 radical (unpaired) electrons. The smallest absolute Gasteiger partial charge is 0.335 e. The molecule has 5 rings (SSSR count). The van der Waals surface area contributed by atoms with Gasteiger partial charge in [-0.2, -0.15) is 0 Å². The summed E-state index contributed by atoms with van der Waals surface area (Å²) >= 11 is 0. The van der Waals surface area contributed by atoms with Crippen molar-refractivity contribution in [3.8, 4) is 0 Å². The van der Waals surface area contributed by atoms with Gasteiger partial charge >= 0.3 is 5.97 Å². The highest BCUT2D eigenvalue weighted by molar-refractivity contribution is 6.41. The summed E-state index contributed by atoms with van der Waals surface area (Å²) in [6.07, 6.45) is 1.60. The van der Waals surface area contributed by atoms with Gasteiger partial charge < -0.3 is 9.67 Å². The maximum absolute atomic E-state index is 12.8. The number of rotatable bonds is 3. The quantitative estimate of drug-likeness (QED) is 0.392. The summed E-state index contributed by atoms with van der Waals surface area (Å²) in [4.78, 5) is 36.8. The number of allylic oxidation sites excluding steroid dienone is 1. The molecule has 0 bridgehead atoms. The molecule has 0 aliphatic heterocycles. The normalized spacial score (nSPS) is 14.8. The lowest BCUT2D eigenvalue weighted by Crippen LogP contribution is -2.01. The summed E-state index contributed by atoms with van der Waals surface area (Å²) in [5.74, 6) is -1.94. The highest BCUT2D eigenvalue weighted by Crippen LogP contribution is 2.32. The molecule has 1 aliphatic rings. The Labute approximate surface area is 171 Å². The van der Waals surface area contributed by atoms with Crippen molar-refractivity contribution in [2.75, 3.05) is 0 Å². The predicted molar refractivity (Wildman–Crippen MR) is 115 cm³/mol. The van der Waals surface area contributed by atoms with Gasteiger partial charge in [-0.3, -0.25) is 9.59 Å². The molecule has 1 heterocycles. The number of hydrogen-bond donors (Lipinski definition) is 1. The fraction of sp³-hybridized carbons (Fsp3) is 0.0800. The van der Waals surface area contributed by atoms with Crippen LogP contribution in [0.25, 0.3) is 27.9 Å². The number of carboxylic acid groups (broad SMARTS) is 1. The van der Waals surface area contributed by atoms with Crippen LogP contribution in [0.1, 0.15) is 43.6 Å². The van der Waals surface area contributed by atoms with Gasteiger partial charge in [0.05, 0.1) is 11.1 Å². The SMILES string of the molecule is CCn1c2ccccc2c2cc(/C=C3\C(=O)c4ccc(C(=O)O)cc4C3=O)ccc21. The van der Waals surface area contributed by atoms with E-state index in [4.69, 9.17) is 5.11 Å². The van der Waals surface area contributed by atoms with Gasteiger partial charge in [0.2, 0.25) is 0 Å². The standard InChI is InChI=1S/C25H17NO4/c1-2-26-21-6-4-3-5-16(21)18-11-14(7-10-22(18)26)12-20-23(27)17-9-8-15(25(29)30)13-19(17)24(20)28/h3-13H,2H2,1H3,(H,29,30)/b20-12+. The number of para-hydroxylation sites is 1. The molecule has 30 heavy (non-hydrogen) atoms. The molecule has 0 spiro atoms. The highest BCUT2D eigenvalue weighted by Gasteiger charge is 2.33. The minimum Gasteiger partial charge on any atom is -0.478 e. The van der Waals surface area contributed by atoms with Gasteiger partial charge in [-0.15, -0.1) is 0 Å². The van der Waals surface area contributed by atoms with Crippen LogP contribution in [-0.4, -0.2) is 27.2 Å². The lowest BCUT2D eigenvalue weighted by Gasteiger charge is -2.03. The number of carboxylic acids is 1. The molecule has 146 valence electrons. The van der Waals surface area contributed by atoms with E-state index in [0.29, 0.717) is 0 Å². The summed E-state index contributed by atoms with van der Waals surface area (Å²) in [5, 5.41) is 11.3. The van der Waals surface area contributed by atoms with E-state index in [9.17, 15) is 14.4 Å². The number of aryl methyl sites for hydroxylation is 1. The fourth-order valence-electron chi connectivity index (χ4n) is 4.26. The molecule has 4 aromatic rings. The monoisotopic (exact) mass is 395 g/mol. The van der Waals surface area contributed by atoms with Gasteiger partial charge in [-0.1, -0.05) is 24.3 Å². The first-order valence-corrected chi connectivity index (χ1v) is 9.69. The van der Waals surface area contributed by atoms with E-state index in [1.54, 1.807) is 6.08 Å². The van der Waals surface area contributed by atoms with E-state index in [2.05, 4.69) is 23.6 Å². The molecule has 0 fully saturated rings. The minimum absolute atomic E-state index is 0.00931. The molecule has 0 saturated carbocycles. The van der Waals surface area contributed by atoms with Crippen LogP contribution >= 0.6 is 0 Å². The maximum Gasteiger partial charge on any atom is 0.335 e. The number of carbonyl (C=O) groups excluding carboxylic acids is 2. The van der Waals surface area contributed by atoms with Crippen molar-refractivity contribution in [1.82, 2.24) is 4.57 Å². The Bertz CT molecular complexity index is 1440. The summed E-state index contributed by atoms with van der Waals surface area (Å²) in [7, 11) is 0. The van der Waals surface area contributed by atoms with Crippen molar-refractivity contribution < 1.29 is 19.5 Å². The molecular weight excluding hydrogens is 378 g/mol. The molecule has 0 unspecified atom stereocenters. The van der Waals surface area contributed by atoms with Crippen LogP contribution in [0, 0.1) is 0 Å². The van der Waals surface area contributed by atoms with Crippen molar-refractivity contribution in [3.63, 3.8) is 0 Å². The predicted octanol–water partition coefficient (Wildman–Crippen LogP) is 4.98. The van der Waals surface area contributed by atoms with Gasteiger partial charge in [0.1, 0.15) is 0 Å². The number of benzene rings is 3. The summed E-state index contributed by atoms with van der Waals surface area (Å²) in [6, 6.07) is 18.1. The van der Waals surface area contributed by atoms with Gasteiger partial charge in [-0.25, -0.2) is 4.79 Å². The Morgan fingerprint density at radius 2 is 1.63 bits per heavy atom. The molecular formula is C25H17NO4. The second-order valence-corrected chi connectivity index (χ2v) is 7.32. The zero-order valence-electron chi connectivity index (χ0n) is 16.2. The second kappa shape index (κ2) is 6.52. The van der Waals surface area contributed by atoms with E-state index in [0.717, 1.165) is 33.9 Å². The zero-order chi connectivity index (χ0) is 21.0. The van der Waals surface area contributed by atoms with Gasteiger partial charge in [0.15, 0.2) is 11.6 Å². The van der Waals surface area contributed by atoms with Gasteiger partial charge in [0.25, 0.3) is 0 Å². The molecule has 0 amide bonds. The topological polar surface area (TPSA) is 76.4 Å². The number of ketones is 2. The van der Waals surface area contributed by atoms with Crippen LogP contribution in [0.3, 0.4) is 0 Å². The molecule has 1 aliphatic carbocycles. The lowest BCUT2D eigenvalue weighted by molar-refractivity contribution is 0.0696. The first kappa shape index (κ1) is 18.1. The molecule has 1 aromatic heterocycles. The third kappa shape index (κ3) is 2.52. The number of Topliss-reactive ketones (excluding diaryl/α,β-unsaturated/α-hetero) is 2. The van der Waals surface area contributed by atoms with Crippen molar-refractivity contribution in [3.05, 3.63) is 88.5 Å². The Hall–Kier alpha value is -3.99. The van der Waals surface area contributed by atoms with Crippen LogP contribution in [0.15, 0.2) is 66.2 Å². The number of hydrogen-bond acceptors (Lipinski definition) is 3. The Balaban J connectivity index is 1.64. The number of aromatic nitrogens is 1. The third-order valence-electron chi connectivity index (χ3n) is 5.67. The van der Waals surface area contributed by atoms with Gasteiger partial charge in [0, 0.05) is 39.5 Å². The van der Waals surface area contributed by atoms with Crippen molar-refractivity contribution in [2.24, 2.45) is 0 Å². The molecule has 3 aromatic carbocycles. The first-order chi connectivity index (χ1) is 14.5. The molecule has 0 saturated heterocycles. The summed E-state index contributed by atoms with van der Waals surface area (Å²) in [6.45, 7) is 2.93. The van der Waals surface area contributed by atoms with Crippen LogP contribution < -0.4 is 0 Å².